The fourth-order valence-corrected chi connectivity index (χ4v) is 1.98. The molecule has 2 N–H and O–H groups in total. The van der Waals surface area contributed by atoms with Crippen molar-refractivity contribution in [1.29, 1.82) is 0 Å². The van der Waals surface area contributed by atoms with Crippen molar-refractivity contribution in [2.75, 3.05) is 12.4 Å². The quantitative estimate of drug-likeness (QED) is 0.807. The second kappa shape index (κ2) is 5.57. The maximum atomic E-state index is 11.5. The summed E-state index contributed by atoms with van der Waals surface area (Å²) in [6.45, 7) is 0. The number of nitrogens with one attached hydrogen (secondary N) is 2. The summed E-state index contributed by atoms with van der Waals surface area (Å²) >= 11 is 7.85. The number of anilines is 2. The van der Waals surface area contributed by atoms with Crippen LogP contribution in [0, 0.1) is 3.57 Å². The zero-order valence-electron chi connectivity index (χ0n) is 9.33. The van der Waals surface area contributed by atoms with Gasteiger partial charge in [0.1, 0.15) is 9.32 Å². The Balaban J connectivity index is 2.42. The SMILES string of the molecule is COc1ccc(Cl)cc1Nc1nc[nH]c(=O)c1I. The van der Waals surface area contributed by atoms with Gasteiger partial charge in [-0.3, -0.25) is 4.79 Å². The van der Waals surface area contributed by atoms with E-state index in [9.17, 15) is 4.79 Å². The van der Waals surface area contributed by atoms with Crippen LogP contribution in [0.3, 0.4) is 0 Å². The molecule has 0 aliphatic carbocycles. The Bertz CT molecular complexity index is 630. The third-order valence-electron chi connectivity index (χ3n) is 2.21. The van der Waals surface area contributed by atoms with Crippen LogP contribution in [0.1, 0.15) is 0 Å². The highest BCUT2D eigenvalue weighted by molar-refractivity contribution is 14.1. The van der Waals surface area contributed by atoms with E-state index < -0.39 is 0 Å². The lowest BCUT2D eigenvalue weighted by Crippen LogP contribution is -2.13. The highest BCUT2D eigenvalue weighted by Gasteiger charge is 2.09. The summed E-state index contributed by atoms with van der Waals surface area (Å²) in [6, 6.07) is 5.17. The first-order valence-electron chi connectivity index (χ1n) is 4.95. The molecule has 18 heavy (non-hydrogen) atoms. The van der Waals surface area contributed by atoms with Crippen LogP contribution in [-0.2, 0) is 0 Å². The largest absolute Gasteiger partial charge is 0.495 e. The van der Waals surface area contributed by atoms with Gasteiger partial charge in [0, 0.05) is 5.02 Å². The third kappa shape index (κ3) is 2.75. The van der Waals surface area contributed by atoms with E-state index in [1.54, 1.807) is 25.3 Å². The van der Waals surface area contributed by atoms with Gasteiger partial charge in [0.15, 0.2) is 5.82 Å². The zero-order chi connectivity index (χ0) is 13.1. The first-order chi connectivity index (χ1) is 8.61. The summed E-state index contributed by atoms with van der Waals surface area (Å²) in [4.78, 5) is 18.0. The summed E-state index contributed by atoms with van der Waals surface area (Å²) in [7, 11) is 1.56. The Morgan fingerprint density at radius 3 is 3.00 bits per heavy atom. The van der Waals surface area contributed by atoms with Gasteiger partial charge < -0.3 is 15.0 Å². The van der Waals surface area contributed by atoms with Gasteiger partial charge >= 0.3 is 0 Å². The standard InChI is InChI=1S/C11H9ClIN3O2/c1-18-8-3-2-6(12)4-7(8)16-10-9(13)11(17)15-5-14-10/h2-5H,1H3,(H2,14,15,16,17). The molecule has 0 radical (unpaired) electrons. The lowest BCUT2D eigenvalue weighted by molar-refractivity contribution is 0.417. The molecular formula is C11H9ClIN3O2. The van der Waals surface area contributed by atoms with Gasteiger partial charge in [-0.15, -0.1) is 0 Å². The minimum atomic E-state index is -0.200. The minimum Gasteiger partial charge on any atom is -0.495 e. The van der Waals surface area contributed by atoms with Gasteiger partial charge in [-0.25, -0.2) is 4.98 Å². The number of halogens is 2. The van der Waals surface area contributed by atoms with Crippen molar-refractivity contribution in [3.05, 3.63) is 43.5 Å². The maximum absolute atomic E-state index is 11.5. The number of methoxy groups -OCH3 is 1. The van der Waals surface area contributed by atoms with Crippen molar-refractivity contribution in [3.8, 4) is 5.75 Å². The van der Waals surface area contributed by atoms with Crippen LogP contribution >= 0.6 is 34.2 Å². The zero-order valence-corrected chi connectivity index (χ0v) is 12.2. The van der Waals surface area contributed by atoms with Gasteiger partial charge in [-0.1, -0.05) is 11.6 Å². The van der Waals surface area contributed by atoms with Gasteiger partial charge in [0.05, 0.1) is 19.1 Å². The fourth-order valence-electron chi connectivity index (χ4n) is 1.38. The Labute approximate surface area is 122 Å². The number of benzene rings is 1. The lowest BCUT2D eigenvalue weighted by Gasteiger charge is -2.11. The number of nitrogens with zero attached hydrogens (tertiary/aromatic N) is 1. The molecule has 1 aromatic carbocycles. The molecule has 5 nitrogen and oxygen atoms in total. The smallest absolute Gasteiger partial charge is 0.266 e. The van der Waals surface area contributed by atoms with Gasteiger partial charge in [-0.2, -0.15) is 0 Å². The van der Waals surface area contributed by atoms with Crippen molar-refractivity contribution >= 4 is 45.7 Å². The molecule has 0 aliphatic heterocycles. The molecule has 0 bridgehead atoms. The Morgan fingerprint density at radius 2 is 2.28 bits per heavy atom. The van der Waals surface area contributed by atoms with E-state index in [0.29, 0.717) is 25.8 Å². The molecule has 0 amide bonds. The average molecular weight is 378 g/mol. The molecule has 0 unspecified atom stereocenters. The maximum Gasteiger partial charge on any atom is 0.266 e. The monoisotopic (exact) mass is 377 g/mol. The Hall–Kier alpha value is -1.28. The summed E-state index contributed by atoms with van der Waals surface area (Å²) in [5.74, 6) is 1.08. The van der Waals surface area contributed by atoms with E-state index in [4.69, 9.17) is 16.3 Å². The second-order valence-electron chi connectivity index (χ2n) is 3.36. The number of hydrogen-bond acceptors (Lipinski definition) is 4. The highest BCUT2D eigenvalue weighted by Crippen LogP contribution is 2.30. The lowest BCUT2D eigenvalue weighted by atomic mass is 10.3. The molecular weight excluding hydrogens is 368 g/mol. The molecule has 94 valence electrons. The molecule has 0 saturated carbocycles. The summed E-state index contributed by atoms with van der Waals surface area (Å²) in [6.07, 6.45) is 1.34. The first-order valence-corrected chi connectivity index (χ1v) is 6.41. The molecule has 2 aromatic rings. The van der Waals surface area contributed by atoms with Gasteiger partial charge in [0.2, 0.25) is 0 Å². The third-order valence-corrected chi connectivity index (χ3v) is 3.45. The van der Waals surface area contributed by atoms with E-state index in [0.717, 1.165) is 0 Å². The van der Waals surface area contributed by atoms with Crippen LogP contribution in [0.4, 0.5) is 11.5 Å². The predicted molar refractivity (Wildman–Crippen MR) is 78.9 cm³/mol. The van der Waals surface area contributed by atoms with Gasteiger partial charge in [0.25, 0.3) is 5.56 Å². The van der Waals surface area contributed by atoms with E-state index in [-0.39, 0.29) is 5.56 Å². The molecule has 0 saturated heterocycles. The number of ether oxygens (including phenoxy) is 1. The van der Waals surface area contributed by atoms with Crippen LogP contribution in [0.5, 0.6) is 5.75 Å². The van der Waals surface area contributed by atoms with Crippen LogP contribution in [0.15, 0.2) is 29.3 Å². The molecule has 7 heteroatoms. The normalized spacial score (nSPS) is 10.2. The van der Waals surface area contributed by atoms with E-state index in [1.165, 1.54) is 6.33 Å². The second-order valence-corrected chi connectivity index (χ2v) is 4.88. The van der Waals surface area contributed by atoms with Crippen LogP contribution in [-0.4, -0.2) is 17.1 Å². The number of H-pyrrole nitrogens is 1. The molecule has 0 spiro atoms. The van der Waals surface area contributed by atoms with Gasteiger partial charge in [-0.05, 0) is 40.8 Å². The summed E-state index contributed by atoms with van der Waals surface area (Å²) in [5.41, 5.74) is 0.454. The molecule has 0 fully saturated rings. The molecule has 0 aliphatic rings. The predicted octanol–water partition coefficient (Wildman–Crippen LogP) is 2.78. The highest BCUT2D eigenvalue weighted by atomic mass is 127. The van der Waals surface area contributed by atoms with E-state index in [2.05, 4.69) is 15.3 Å². The van der Waals surface area contributed by atoms with Crippen molar-refractivity contribution in [2.45, 2.75) is 0 Å². The van der Waals surface area contributed by atoms with E-state index in [1.807, 2.05) is 22.6 Å². The van der Waals surface area contributed by atoms with Crippen LogP contribution in [0.2, 0.25) is 5.02 Å². The number of aromatic nitrogens is 2. The number of aromatic amines is 1. The molecule has 1 aromatic heterocycles. The molecule has 2 rings (SSSR count). The summed E-state index contributed by atoms with van der Waals surface area (Å²) in [5, 5.41) is 3.59. The topological polar surface area (TPSA) is 67.0 Å². The Morgan fingerprint density at radius 1 is 1.50 bits per heavy atom. The minimum absolute atomic E-state index is 0.200. The number of hydrogen-bond donors (Lipinski definition) is 2. The van der Waals surface area contributed by atoms with E-state index >= 15 is 0 Å². The van der Waals surface area contributed by atoms with Crippen LogP contribution in [0.25, 0.3) is 0 Å². The average Bonchev–Trinajstić information content (AvgIpc) is 2.35. The van der Waals surface area contributed by atoms with Crippen molar-refractivity contribution in [1.82, 2.24) is 9.97 Å². The summed E-state index contributed by atoms with van der Waals surface area (Å²) < 4.78 is 5.67. The molecule has 1 heterocycles. The first kappa shape index (κ1) is 13.2. The number of rotatable bonds is 3. The van der Waals surface area contributed by atoms with Crippen molar-refractivity contribution < 1.29 is 4.74 Å². The fraction of sp³-hybridized carbons (Fsp3) is 0.0909. The molecule has 0 atom stereocenters. The van der Waals surface area contributed by atoms with Crippen molar-refractivity contribution in [3.63, 3.8) is 0 Å². The van der Waals surface area contributed by atoms with Crippen LogP contribution < -0.4 is 15.6 Å². The van der Waals surface area contributed by atoms with Crippen molar-refractivity contribution in [2.24, 2.45) is 0 Å². The Kier molecular flexibility index (Phi) is 4.07.